The molecule has 0 radical (unpaired) electrons. The molecule has 0 saturated heterocycles. The highest BCUT2D eigenvalue weighted by Gasteiger charge is 2.65. The van der Waals surface area contributed by atoms with Crippen LogP contribution in [0.2, 0.25) is 0 Å². The zero-order valence-electron chi connectivity index (χ0n) is 17.3. The molecule has 160 valence electrons. The van der Waals surface area contributed by atoms with Gasteiger partial charge in [-0.15, -0.1) is 0 Å². The Hall–Kier alpha value is -1.93. The second-order valence-corrected chi connectivity index (χ2v) is 10.5. The smallest absolute Gasteiger partial charge is 0.233 e. The lowest BCUT2D eigenvalue weighted by Crippen LogP contribution is -2.43. The predicted octanol–water partition coefficient (Wildman–Crippen LogP) is 2.13. The number of carbonyl (C=O) groups excluding carboxylic acids is 2. The maximum absolute atomic E-state index is 12.8. The summed E-state index contributed by atoms with van der Waals surface area (Å²) in [5, 5.41) is 2.74. The lowest BCUT2D eigenvalue weighted by atomic mass is 9.70. The van der Waals surface area contributed by atoms with Crippen LogP contribution in [0.15, 0.2) is 24.3 Å². The van der Waals surface area contributed by atoms with E-state index in [0.29, 0.717) is 31.7 Å². The van der Waals surface area contributed by atoms with Crippen molar-refractivity contribution in [2.75, 3.05) is 30.7 Å². The normalized spacial score (nSPS) is 25.2. The molecule has 7 nitrogen and oxygen atoms in total. The number of rotatable bonds is 9. The van der Waals surface area contributed by atoms with Gasteiger partial charge in [0.25, 0.3) is 0 Å². The van der Waals surface area contributed by atoms with Gasteiger partial charge in [0, 0.05) is 25.8 Å². The van der Waals surface area contributed by atoms with E-state index < -0.39 is 15.4 Å². The number of Topliss-reactive ketones (excluding diaryl/α,β-unsaturated/α-hetero) is 1. The molecule has 1 aromatic rings. The van der Waals surface area contributed by atoms with Gasteiger partial charge < -0.3 is 10.1 Å². The number of benzene rings is 1. The van der Waals surface area contributed by atoms with E-state index in [-0.39, 0.29) is 35.2 Å². The number of amides is 1. The van der Waals surface area contributed by atoms with Crippen molar-refractivity contribution in [2.45, 2.75) is 39.5 Å². The Morgan fingerprint density at radius 1 is 1.24 bits per heavy atom. The van der Waals surface area contributed by atoms with Crippen molar-refractivity contribution in [2.24, 2.45) is 16.7 Å². The van der Waals surface area contributed by atoms with Crippen LogP contribution in [0, 0.1) is 16.7 Å². The fourth-order valence-corrected chi connectivity index (χ4v) is 6.77. The zero-order chi connectivity index (χ0) is 21.3. The van der Waals surface area contributed by atoms with Crippen LogP contribution in [-0.2, 0) is 30.8 Å². The van der Waals surface area contributed by atoms with E-state index in [0.717, 1.165) is 12.0 Å². The van der Waals surface area contributed by atoms with Gasteiger partial charge in [-0.2, -0.15) is 0 Å². The number of anilines is 1. The van der Waals surface area contributed by atoms with Gasteiger partial charge in [0.05, 0.1) is 24.2 Å². The minimum Gasteiger partial charge on any atom is -0.383 e. The summed E-state index contributed by atoms with van der Waals surface area (Å²) in [5.41, 5.74) is 0.137. The Balaban J connectivity index is 1.62. The van der Waals surface area contributed by atoms with E-state index in [9.17, 15) is 18.0 Å². The van der Waals surface area contributed by atoms with E-state index in [4.69, 9.17) is 4.74 Å². The summed E-state index contributed by atoms with van der Waals surface area (Å²) in [6.45, 7) is 4.95. The van der Waals surface area contributed by atoms with Crippen LogP contribution < -0.4 is 10.0 Å². The van der Waals surface area contributed by atoms with Crippen LogP contribution in [0.4, 0.5) is 5.69 Å². The van der Waals surface area contributed by atoms with Gasteiger partial charge in [-0.3, -0.25) is 14.3 Å². The van der Waals surface area contributed by atoms with E-state index in [1.54, 1.807) is 31.4 Å². The third-order valence-electron chi connectivity index (χ3n) is 6.80. The summed E-state index contributed by atoms with van der Waals surface area (Å²) < 4.78 is 33.2. The van der Waals surface area contributed by atoms with Gasteiger partial charge in [0.15, 0.2) is 0 Å². The van der Waals surface area contributed by atoms with Gasteiger partial charge in [-0.25, -0.2) is 8.42 Å². The minimum atomic E-state index is -3.68. The summed E-state index contributed by atoms with van der Waals surface area (Å²) in [6.07, 6.45) is 2.25. The Labute approximate surface area is 172 Å². The molecule has 29 heavy (non-hydrogen) atoms. The van der Waals surface area contributed by atoms with Crippen molar-refractivity contribution in [3.63, 3.8) is 0 Å². The molecule has 2 fully saturated rings. The van der Waals surface area contributed by atoms with Crippen molar-refractivity contribution >= 4 is 27.4 Å². The first kappa shape index (κ1) is 21.8. The number of hydrogen-bond donors (Lipinski definition) is 2. The summed E-state index contributed by atoms with van der Waals surface area (Å²) >= 11 is 0. The van der Waals surface area contributed by atoms with Gasteiger partial charge in [-0.05, 0) is 41.9 Å². The highest BCUT2D eigenvalue weighted by Crippen LogP contribution is 2.64. The first-order chi connectivity index (χ1) is 13.6. The molecular formula is C21H30N2O5S. The van der Waals surface area contributed by atoms with Gasteiger partial charge >= 0.3 is 0 Å². The predicted molar refractivity (Wildman–Crippen MR) is 111 cm³/mol. The van der Waals surface area contributed by atoms with E-state index >= 15 is 0 Å². The van der Waals surface area contributed by atoms with Crippen molar-refractivity contribution in [1.82, 2.24) is 5.32 Å². The average Bonchev–Trinajstić information content (AvgIpc) is 2.97. The number of ether oxygens (including phenoxy) is 1. The number of sulfonamides is 1. The maximum Gasteiger partial charge on any atom is 0.233 e. The Morgan fingerprint density at radius 3 is 2.48 bits per heavy atom. The quantitative estimate of drug-likeness (QED) is 0.594. The average molecular weight is 423 g/mol. The first-order valence-electron chi connectivity index (χ1n) is 9.98. The molecule has 2 aliphatic carbocycles. The summed E-state index contributed by atoms with van der Waals surface area (Å²) in [4.78, 5) is 24.5. The SMILES string of the molecule is COCCNC(=O)Cc1ccc(NS(=O)(=O)C[C@@]23CC[C@H](CC2=O)C3(C)C)cc1. The first-order valence-corrected chi connectivity index (χ1v) is 11.6. The Kier molecular flexibility index (Phi) is 6.06. The summed E-state index contributed by atoms with van der Waals surface area (Å²) in [5.74, 6) is 0.0668. The molecule has 8 heteroatoms. The van der Waals surface area contributed by atoms with Crippen LogP contribution in [-0.4, -0.2) is 46.1 Å². The molecule has 3 rings (SSSR count). The number of hydrogen-bond acceptors (Lipinski definition) is 5. The molecule has 0 aromatic heterocycles. The molecule has 2 aliphatic rings. The summed E-state index contributed by atoms with van der Waals surface area (Å²) in [6, 6.07) is 6.74. The molecule has 1 amide bonds. The molecule has 0 unspecified atom stereocenters. The number of ketones is 1. The van der Waals surface area contributed by atoms with E-state index in [1.165, 1.54) is 0 Å². The molecule has 2 N–H and O–H groups in total. The number of methoxy groups -OCH3 is 1. The van der Waals surface area contributed by atoms with E-state index in [1.807, 2.05) is 13.8 Å². The monoisotopic (exact) mass is 422 g/mol. The van der Waals surface area contributed by atoms with Crippen LogP contribution in [0.25, 0.3) is 0 Å². The lowest BCUT2D eigenvalue weighted by Gasteiger charge is -2.36. The Bertz CT molecular complexity index is 879. The van der Waals surface area contributed by atoms with Gasteiger partial charge in [-0.1, -0.05) is 26.0 Å². The summed E-state index contributed by atoms with van der Waals surface area (Å²) in [7, 11) is -2.11. The Morgan fingerprint density at radius 2 is 1.93 bits per heavy atom. The molecule has 1 aromatic carbocycles. The lowest BCUT2D eigenvalue weighted by molar-refractivity contribution is -0.128. The van der Waals surface area contributed by atoms with Crippen LogP contribution in [0.3, 0.4) is 0 Å². The molecule has 0 heterocycles. The molecule has 0 aliphatic heterocycles. The molecule has 2 bridgehead atoms. The zero-order valence-corrected chi connectivity index (χ0v) is 18.1. The molecular weight excluding hydrogens is 392 g/mol. The largest absolute Gasteiger partial charge is 0.383 e. The van der Waals surface area contributed by atoms with Gasteiger partial charge in [0.2, 0.25) is 15.9 Å². The van der Waals surface area contributed by atoms with Crippen LogP contribution in [0.1, 0.15) is 38.7 Å². The van der Waals surface area contributed by atoms with Crippen molar-refractivity contribution in [1.29, 1.82) is 0 Å². The van der Waals surface area contributed by atoms with Gasteiger partial charge in [0.1, 0.15) is 5.78 Å². The third-order valence-corrected chi connectivity index (χ3v) is 8.22. The van der Waals surface area contributed by atoms with Crippen LogP contribution in [0.5, 0.6) is 0 Å². The standard InChI is InChI=1S/C21H30N2O5S/c1-20(2)16-8-9-21(20,18(24)13-16)14-29(26,27)23-17-6-4-15(5-7-17)12-19(25)22-10-11-28-3/h4-7,16,23H,8-14H2,1-3H3,(H,22,25)/t16-,21+/m1/s1. The van der Waals surface area contributed by atoms with Crippen LogP contribution >= 0.6 is 0 Å². The number of carbonyl (C=O) groups is 2. The fraction of sp³-hybridized carbons (Fsp3) is 0.619. The third kappa shape index (κ3) is 4.33. The minimum absolute atomic E-state index is 0.0824. The van der Waals surface area contributed by atoms with Crippen molar-refractivity contribution < 1.29 is 22.7 Å². The topological polar surface area (TPSA) is 102 Å². The highest BCUT2D eigenvalue weighted by molar-refractivity contribution is 7.92. The highest BCUT2D eigenvalue weighted by atomic mass is 32.2. The molecule has 2 atom stereocenters. The van der Waals surface area contributed by atoms with E-state index in [2.05, 4.69) is 10.0 Å². The second kappa shape index (κ2) is 8.07. The molecule has 2 saturated carbocycles. The number of fused-ring (bicyclic) bond motifs is 2. The maximum atomic E-state index is 12.8. The molecule has 0 spiro atoms. The fourth-order valence-electron chi connectivity index (χ4n) is 4.88. The number of nitrogens with one attached hydrogen (secondary N) is 2. The van der Waals surface area contributed by atoms with Crippen molar-refractivity contribution in [3.8, 4) is 0 Å². The second-order valence-electron chi connectivity index (χ2n) is 8.74. The van der Waals surface area contributed by atoms with Crippen molar-refractivity contribution in [3.05, 3.63) is 29.8 Å².